The van der Waals surface area contributed by atoms with E-state index in [-0.39, 0.29) is 12.0 Å². The normalized spacial score (nSPS) is 25.8. The van der Waals surface area contributed by atoms with Gasteiger partial charge >= 0.3 is 5.97 Å². The number of carboxylic acids is 1. The zero-order chi connectivity index (χ0) is 11.7. The first-order chi connectivity index (χ1) is 7.61. The molecule has 5 heteroatoms. The molecule has 16 heavy (non-hydrogen) atoms. The first kappa shape index (κ1) is 11.0. The minimum absolute atomic E-state index is 0.0301. The van der Waals surface area contributed by atoms with Crippen LogP contribution in [0.3, 0.4) is 0 Å². The van der Waals surface area contributed by atoms with E-state index in [1.807, 2.05) is 13.8 Å². The van der Waals surface area contributed by atoms with Crippen LogP contribution < -0.4 is 4.90 Å². The van der Waals surface area contributed by atoms with Crippen molar-refractivity contribution >= 4 is 11.7 Å². The van der Waals surface area contributed by atoms with Gasteiger partial charge in [-0.2, -0.15) is 5.10 Å². The van der Waals surface area contributed by atoms with Crippen molar-refractivity contribution in [2.24, 2.45) is 5.92 Å². The summed E-state index contributed by atoms with van der Waals surface area (Å²) < 4.78 is 0. The van der Waals surface area contributed by atoms with E-state index >= 15 is 0 Å². The van der Waals surface area contributed by atoms with Gasteiger partial charge in [-0.05, 0) is 26.7 Å². The van der Waals surface area contributed by atoms with Crippen LogP contribution in [0.15, 0.2) is 6.20 Å². The van der Waals surface area contributed by atoms with Crippen LogP contribution in [0.2, 0.25) is 0 Å². The van der Waals surface area contributed by atoms with Crippen molar-refractivity contribution in [2.45, 2.75) is 32.7 Å². The van der Waals surface area contributed by atoms with E-state index in [4.69, 9.17) is 5.11 Å². The van der Waals surface area contributed by atoms with Gasteiger partial charge in [0.25, 0.3) is 0 Å². The Morgan fingerprint density at radius 2 is 2.44 bits per heavy atom. The van der Waals surface area contributed by atoms with Crippen molar-refractivity contribution in [1.82, 2.24) is 10.2 Å². The van der Waals surface area contributed by atoms with Gasteiger partial charge in [0.05, 0.1) is 23.5 Å². The zero-order valence-electron chi connectivity index (χ0n) is 9.60. The third kappa shape index (κ3) is 1.77. The number of aromatic nitrogens is 2. The van der Waals surface area contributed by atoms with Gasteiger partial charge in [0.15, 0.2) is 0 Å². The van der Waals surface area contributed by atoms with Crippen molar-refractivity contribution < 1.29 is 9.90 Å². The molecule has 0 aromatic carbocycles. The Kier molecular flexibility index (Phi) is 2.85. The molecule has 0 amide bonds. The fraction of sp³-hybridized carbons (Fsp3) is 0.636. The number of piperidine rings is 1. The number of hydrogen-bond acceptors (Lipinski definition) is 3. The number of nitrogens with one attached hydrogen (secondary N) is 1. The molecule has 5 nitrogen and oxygen atoms in total. The molecule has 0 radical (unpaired) electrons. The number of aliphatic carboxylic acids is 1. The number of nitrogens with zero attached hydrogens (tertiary/aromatic N) is 2. The van der Waals surface area contributed by atoms with Crippen LogP contribution in [0.5, 0.6) is 0 Å². The second-order valence-corrected chi connectivity index (χ2v) is 4.40. The monoisotopic (exact) mass is 223 g/mol. The molecule has 1 aliphatic rings. The lowest BCUT2D eigenvalue weighted by molar-refractivity contribution is -0.143. The second-order valence-electron chi connectivity index (χ2n) is 4.40. The number of rotatable bonds is 2. The fourth-order valence-corrected chi connectivity index (χ4v) is 2.45. The number of aromatic amines is 1. The molecule has 2 atom stereocenters. The summed E-state index contributed by atoms with van der Waals surface area (Å²) in [5, 5.41) is 16.0. The van der Waals surface area contributed by atoms with Crippen LogP contribution in [-0.4, -0.2) is 33.9 Å². The Bertz CT molecular complexity index is 388. The van der Waals surface area contributed by atoms with Gasteiger partial charge in [0.1, 0.15) is 0 Å². The van der Waals surface area contributed by atoms with Crippen LogP contribution in [0.25, 0.3) is 0 Å². The number of anilines is 1. The van der Waals surface area contributed by atoms with Gasteiger partial charge in [0.2, 0.25) is 0 Å². The number of aryl methyl sites for hydroxylation is 1. The van der Waals surface area contributed by atoms with Crippen LogP contribution in [0.1, 0.15) is 25.5 Å². The number of hydrogen-bond donors (Lipinski definition) is 2. The summed E-state index contributed by atoms with van der Waals surface area (Å²) in [4.78, 5) is 13.3. The third-order valence-electron chi connectivity index (χ3n) is 3.42. The summed E-state index contributed by atoms with van der Waals surface area (Å²) in [6.07, 6.45) is 3.46. The average Bonchev–Trinajstić information content (AvgIpc) is 2.64. The van der Waals surface area contributed by atoms with E-state index in [0.29, 0.717) is 0 Å². The summed E-state index contributed by atoms with van der Waals surface area (Å²) in [6, 6.07) is 0.0301. The molecule has 2 N–H and O–H groups in total. The number of carbonyl (C=O) groups is 1. The molecule has 1 fully saturated rings. The molecule has 1 aromatic heterocycles. The van der Waals surface area contributed by atoms with Crippen LogP contribution in [0.4, 0.5) is 5.69 Å². The first-order valence-electron chi connectivity index (χ1n) is 5.60. The SMILES string of the molecule is Cc1[nH]ncc1N1CCC[C@H](C(=O)O)[C@H]1C. The highest BCUT2D eigenvalue weighted by molar-refractivity contribution is 5.72. The lowest BCUT2D eigenvalue weighted by atomic mass is 9.90. The predicted molar refractivity (Wildman–Crippen MR) is 60.5 cm³/mol. The summed E-state index contributed by atoms with van der Waals surface area (Å²) in [5.41, 5.74) is 2.02. The van der Waals surface area contributed by atoms with Gasteiger partial charge in [-0.3, -0.25) is 9.89 Å². The molecule has 1 aromatic rings. The number of H-pyrrole nitrogens is 1. The largest absolute Gasteiger partial charge is 0.481 e. The van der Waals surface area contributed by atoms with Gasteiger partial charge in [-0.15, -0.1) is 0 Å². The molecule has 1 aliphatic heterocycles. The highest BCUT2D eigenvalue weighted by Gasteiger charge is 2.33. The van der Waals surface area contributed by atoms with Crippen molar-refractivity contribution in [3.05, 3.63) is 11.9 Å². The Morgan fingerprint density at radius 3 is 3.00 bits per heavy atom. The molecule has 1 saturated heterocycles. The van der Waals surface area contributed by atoms with Gasteiger partial charge in [0, 0.05) is 12.6 Å². The summed E-state index contributed by atoms with van der Waals surface area (Å²) in [7, 11) is 0. The topological polar surface area (TPSA) is 69.2 Å². The highest BCUT2D eigenvalue weighted by Crippen LogP contribution is 2.29. The van der Waals surface area contributed by atoms with Gasteiger partial charge < -0.3 is 10.0 Å². The van der Waals surface area contributed by atoms with E-state index in [2.05, 4.69) is 15.1 Å². The van der Waals surface area contributed by atoms with Gasteiger partial charge in [-0.1, -0.05) is 0 Å². The Labute approximate surface area is 94.5 Å². The maximum Gasteiger partial charge on any atom is 0.308 e. The van der Waals surface area contributed by atoms with E-state index in [1.165, 1.54) is 0 Å². The molecular formula is C11H17N3O2. The fourth-order valence-electron chi connectivity index (χ4n) is 2.45. The lowest BCUT2D eigenvalue weighted by Crippen LogP contribution is -2.46. The Hall–Kier alpha value is -1.52. The van der Waals surface area contributed by atoms with E-state index < -0.39 is 5.97 Å². The third-order valence-corrected chi connectivity index (χ3v) is 3.42. The Morgan fingerprint density at radius 1 is 1.69 bits per heavy atom. The standard InChI is InChI=1S/C11H17N3O2/c1-7-10(6-12-13-7)14-5-3-4-9(8(14)2)11(15)16/h6,8-9H,3-5H2,1-2H3,(H,12,13)(H,15,16)/t8-,9+/m1/s1. The van der Waals surface area contributed by atoms with Crippen molar-refractivity contribution in [3.8, 4) is 0 Å². The smallest absolute Gasteiger partial charge is 0.308 e. The minimum atomic E-state index is -0.696. The molecule has 0 saturated carbocycles. The Balaban J connectivity index is 2.22. The second kappa shape index (κ2) is 4.15. The zero-order valence-corrected chi connectivity index (χ0v) is 9.60. The maximum absolute atomic E-state index is 11.1. The van der Waals surface area contributed by atoms with Crippen LogP contribution in [-0.2, 0) is 4.79 Å². The average molecular weight is 223 g/mol. The molecule has 0 aliphatic carbocycles. The van der Waals surface area contributed by atoms with Gasteiger partial charge in [-0.25, -0.2) is 0 Å². The molecule has 0 spiro atoms. The highest BCUT2D eigenvalue weighted by atomic mass is 16.4. The molecular weight excluding hydrogens is 206 g/mol. The van der Waals surface area contributed by atoms with Crippen LogP contribution >= 0.6 is 0 Å². The number of carboxylic acid groups (broad SMARTS) is 1. The quantitative estimate of drug-likeness (QED) is 0.795. The van der Waals surface area contributed by atoms with E-state index in [1.54, 1.807) is 6.20 Å². The molecule has 2 rings (SSSR count). The molecule has 2 heterocycles. The van der Waals surface area contributed by atoms with Crippen molar-refractivity contribution in [3.63, 3.8) is 0 Å². The minimum Gasteiger partial charge on any atom is -0.481 e. The first-order valence-corrected chi connectivity index (χ1v) is 5.60. The molecule has 0 bridgehead atoms. The predicted octanol–water partition coefficient (Wildman–Crippen LogP) is 1.41. The summed E-state index contributed by atoms with van der Waals surface area (Å²) in [6.45, 7) is 4.84. The van der Waals surface area contributed by atoms with E-state index in [9.17, 15) is 4.79 Å². The molecule has 0 unspecified atom stereocenters. The molecule has 88 valence electrons. The van der Waals surface area contributed by atoms with Crippen molar-refractivity contribution in [1.29, 1.82) is 0 Å². The summed E-state index contributed by atoms with van der Waals surface area (Å²) >= 11 is 0. The lowest BCUT2D eigenvalue weighted by Gasteiger charge is -2.38. The maximum atomic E-state index is 11.1. The summed E-state index contributed by atoms with van der Waals surface area (Å²) in [5.74, 6) is -0.971. The van der Waals surface area contributed by atoms with E-state index in [0.717, 1.165) is 30.8 Å². The van der Waals surface area contributed by atoms with Crippen molar-refractivity contribution in [2.75, 3.05) is 11.4 Å². The van der Waals surface area contributed by atoms with Crippen LogP contribution in [0, 0.1) is 12.8 Å².